The van der Waals surface area contributed by atoms with Gasteiger partial charge in [0.2, 0.25) is 5.95 Å². The Morgan fingerprint density at radius 1 is 0.962 bits per heavy atom. The van der Waals surface area contributed by atoms with Gasteiger partial charge >= 0.3 is 0 Å². The molecule has 0 spiro atoms. The van der Waals surface area contributed by atoms with Crippen molar-refractivity contribution in [3.05, 3.63) is 66.4 Å². The fraction of sp³-hybridized carbons (Fsp3) is 0.238. The van der Waals surface area contributed by atoms with Crippen LogP contribution in [0.25, 0.3) is 0 Å². The van der Waals surface area contributed by atoms with Crippen LogP contribution in [0, 0.1) is 6.92 Å². The summed E-state index contributed by atoms with van der Waals surface area (Å²) in [5.74, 6) is 2.32. The van der Waals surface area contributed by atoms with Gasteiger partial charge in [-0.05, 0) is 57.2 Å². The maximum Gasteiger partial charge on any atom is 0.232 e. The molecule has 0 amide bonds. The summed E-state index contributed by atoms with van der Waals surface area (Å²) in [5, 5.41) is 3.35. The molecule has 1 heterocycles. The molecule has 3 aromatic rings. The number of hydrogen-bond donors (Lipinski definition) is 1. The van der Waals surface area contributed by atoms with E-state index in [0.29, 0.717) is 12.6 Å². The molecular formula is C21H24N4O. The largest absolute Gasteiger partial charge is 0.494 e. The molecule has 0 saturated carbocycles. The average molecular weight is 348 g/mol. The van der Waals surface area contributed by atoms with Crippen LogP contribution in [0.2, 0.25) is 0 Å². The highest BCUT2D eigenvalue weighted by atomic mass is 16.5. The first-order valence-electron chi connectivity index (χ1n) is 8.87. The Bertz CT molecular complexity index is 834. The summed E-state index contributed by atoms with van der Waals surface area (Å²) in [6.07, 6.45) is 0. The van der Waals surface area contributed by atoms with Gasteiger partial charge in [-0.15, -0.1) is 0 Å². The molecule has 134 valence electrons. The molecular weight excluding hydrogens is 324 g/mol. The molecule has 0 unspecified atom stereocenters. The van der Waals surface area contributed by atoms with Crippen molar-refractivity contribution in [2.45, 2.75) is 20.8 Å². The first-order chi connectivity index (χ1) is 12.7. The van der Waals surface area contributed by atoms with Crippen LogP contribution in [0.5, 0.6) is 5.75 Å². The number of rotatable bonds is 7. The molecule has 5 nitrogen and oxygen atoms in total. The summed E-state index contributed by atoms with van der Waals surface area (Å²) < 4.78 is 5.48. The van der Waals surface area contributed by atoms with Gasteiger partial charge in [-0.25, -0.2) is 4.98 Å². The van der Waals surface area contributed by atoms with E-state index in [2.05, 4.69) is 34.3 Å². The number of benzene rings is 2. The number of aryl methyl sites for hydroxylation is 1. The minimum absolute atomic E-state index is 0.660. The lowest BCUT2D eigenvalue weighted by atomic mass is 10.3. The molecule has 2 aromatic carbocycles. The van der Waals surface area contributed by atoms with Crippen molar-refractivity contribution in [2.24, 2.45) is 0 Å². The average Bonchev–Trinajstić information content (AvgIpc) is 2.65. The highest BCUT2D eigenvalue weighted by molar-refractivity contribution is 5.62. The SMILES string of the molecule is CCOc1ccc(Nc2cc(C)nc(N(CC)c3ccccc3)n2)cc1. The van der Waals surface area contributed by atoms with Gasteiger partial charge in [-0.3, -0.25) is 0 Å². The molecule has 0 fully saturated rings. The molecule has 0 bridgehead atoms. The van der Waals surface area contributed by atoms with Gasteiger partial charge in [0.05, 0.1) is 6.61 Å². The second-order valence-electron chi connectivity index (χ2n) is 5.86. The number of nitrogens with one attached hydrogen (secondary N) is 1. The first kappa shape index (κ1) is 17.7. The molecule has 0 aliphatic rings. The van der Waals surface area contributed by atoms with Crippen LogP contribution >= 0.6 is 0 Å². The Morgan fingerprint density at radius 2 is 1.69 bits per heavy atom. The summed E-state index contributed by atoms with van der Waals surface area (Å²) in [7, 11) is 0. The molecule has 0 aliphatic carbocycles. The molecule has 0 saturated heterocycles. The van der Waals surface area contributed by atoms with Gasteiger partial charge < -0.3 is 15.0 Å². The van der Waals surface area contributed by atoms with E-state index in [0.717, 1.165) is 35.2 Å². The third-order valence-electron chi connectivity index (χ3n) is 3.91. The lowest BCUT2D eigenvalue weighted by Crippen LogP contribution is -2.19. The Balaban J connectivity index is 1.85. The van der Waals surface area contributed by atoms with Crippen molar-refractivity contribution < 1.29 is 4.74 Å². The van der Waals surface area contributed by atoms with E-state index in [1.165, 1.54) is 0 Å². The molecule has 1 aromatic heterocycles. The quantitative estimate of drug-likeness (QED) is 0.645. The lowest BCUT2D eigenvalue weighted by molar-refractivity contribution is 0.340. The number of ether oxygens (including phenoxy) is 1. The van der Waals surface area contributed by atoms with E-state index in [1.807, 2.05) is 62.4 Å². The molecule has 5 heteroatoms. The van der Waals surface area contributed by atoms with Crippen molar-refractivity contribution >= 4 is 23.1 Å². The summed E-state index contributed by atoms with van der Waals surface area (Å²) >= 11 is 0. The Morgan fingerprint density at radius 3 is 2.35 bits per heavy atom. The summed E-state index contributed by atoms with van der Waals surface area (Å²) in [6, 6.07) is 20.0. The highest BCUT2D eigenvalue weighted by Crippen LogP contribution is 2.25. The number of para-hydroxylation sites is 1. The third kappa shape index (κ3) is 4.30. The van der Waals surface area contributed by atoms with Gasteiger partial charge in [-0.1, -0.05) is 18.2 Å². The van der Waals surface area contributed by atoms with Crippen LogP contribution in [-0.2, 0) is 0 Å². The number of nitrogens with zero attached hydrogens (tertiary/aromatic N) is 3. The van der Waals surface area contributed by atoms with E-state index in [-0.39, 0.29) is 0 Å². The monoisotopic (exact) mass is 348 g/mol. The zero-order chi connectivity index (χ0) is 18.4. The van der Waals surface area contributed by atoms with Gasteiger partial charge in [0.15, 0.2) is 0 Å². The minimum Gasteiger partial charge on any atom is -0.494 e. The van der Waals surface area contributed by atoms with Crippen LogP contribution in [0.4, 0.5) is 23.1 Å². The maximum atomic E-state index is 5.48. The second kappa shape index (κ2) is 8.34. The van der Waals surface area contributed by atoms with Crippen molar-refractivity contribution in [3.8, 4) is 5.75 Å². The van der Waals surface area contributed by atoms with Crippen molar-refractivity contribution in [1.29, 1.82) is 0 Å². The fourth-order valence-electron chi connectivity index (χ4n) is 2.73. The molecule has 0 radical (unpaired) electrons. The van der Waals surface area contributed by atoms with Crippen molar-refractivity contribution in [1.82, 2.24) is 9.97 Å². The van der Waals surface area contributed by atoms with E-state index in [1.54, 1.807) is 0 Å². The van der Waals surface area contributed by atoms with E-state index < -0.39 is 0 Å². The van der Waals surface area contributed by atoms with E-state index in [4.69, 9.17) is 9.72 Å². The minimum atomic E-state index is 0.660. The van der Waals surface area contributed by atoms with Crippen LogP contribution in [0.1, 0.15) is 19.5 Å². The topological polar surface area (TPSA) is 50.3 Å². The van der Waals surface area contributed by atoms with Crippen LogP contribution in [0.15, 0.2) is 60.7 Å². The van der Waals surface area contributed by atoms with Crippen LogP contribution in [0.3, 0.4) is 0 Å². The van der Waals surface area contributed by atoms with Crippen LogP contribution in [-0.4, -0.2) is 23.1 Å². The van der Waals surface area contributed by atoms with Gasteiger partial charge in [0.25, 0.3) is 0 Å². The molecule has 26 heavy (non-hydrogen) atoms. The number of aromatic nitrogens is 2. The normalized spacial score (nSPS) is 10.4. The van der Waals surface area contributed by atoms with Crippen molar-refractivity contribution in [3.63, 3.8) is 0 Å². The Kier molecular flexibility index (Phi) is 5.69. The number of anilines is 4. The van der Waals surface area contributed by atoms with Gasteiger partial charge in [-0.2, -0.15) is 4.98 Å². The fourth-order valence-corrected chi connectivity index (χ4v) is 2.73. The Hall–Kier alpha value is -3.08. The van der Waals surface area contributed by atoms with Gasteiger partial charge in [0, 0.05) is 29.7 Å². The highest BCUT2D eigenvalue weighted by Gasteiger charge is 2.12. The molecule has 0 atom stereocenters. The predicted molar refractivity (Wildman–Crippen MR) is 107 cm³/mol. The zero-order valence-corrected chi connectivity index (χ0v) is 15.4. The van der Waals surface area contributed by atoms with E-state index in [9.17, 15) is 0 Å². The summed E-state index contributed by atoms with van der Waals surface area (Å²) in [6.45, 7) is 7.50. The van der Waals surface area contributed by atoms with Gasteiger partial charge in [0.1, 0.15) is 11.6 Å². The predicted octanol–water partition coefficient (Wildman–Crippen LogP) is 5.09. The smallest absolute Gasteiger partial charge is 0.232 e. The second-order valence-corrected chi connectivity index (χ2v) is 5.86. The molecule has 3 rings (SSSR count). The third-order valence-corrected chi connectivity index (χ3v) is 3.91. The maximum absolute atomic E-state index is 5.48. The van der Waals surface area contributed by atoms with Crippen molar-refractivity contribution in [2.75, 3.05) is 23.4 Å². The summed E-state index contributed by atoms with van der Waals surface area (Å²) in [5.41, 5.74) is 2.95. The van der Waals surface area contributed by atoms with Crippen LogP contribution < -0.4 is 15.0 Å². The standard InChI is InChI=1S/C21H24N4O/c1-4-25(18-9-7-6-8-10-18)21-22-16(3)15-20(24-21)23-17-11-13-19(14-12-17)26-5-2/h6-15H,4-5H2,1-3H3,(H,22,23,24). The number of hydrogen-bond acceptors (Lipinski definition) is 5. The first-order valence-corrected chi connectivity index (χ1v) is 8.87. The zero-order valence-electron chi connectivity index (χ0n) is 15.4. The summed E-state index contributed by atoms with van der Waals surface area (Å²) in [4.78, 5) is 11.4. The molecule has 1 N–H and O–H groups in total. The molecule has 0 aliphatic heterocycles. The Labute approximate surface area is 154 Å². The lowest BCUT2D eigenvalue weighted by Gasteiger charge is -2.22. The van der Waals surface area contributed by atoms with E-state index >= 15 is 0 Å².